The quantitative estimate of drug-likeness (QED) is 0.0224. The topological polar surface area (TPSA) is 347 Å². The van der Waals surface area contributed by atoms with Crippen LogP contribution in [-0.2, 0) is 67.2 Å². The van der Waals surface area contributed by atoms with Gasteiger partial charge in [0.1, 0.15) is 24.2 Å². The standard InChI is InChI=1S/C46H69N13O11/c47-46(48)51-18-8-14-35-42(64)52-30-40(61)53-38(28-41(62)63)45(67)56-37(27-32-9-2-1-3-10-32)44(66)55-36(43(65)54-35)13-6-7-17-50-39(60)16-15-34-31-59(58-57-34)20-22-69-24-26-70-25-23-68-21-19-49-29-33-11-4-5-12-33/h1-5,9-12,31,33,35-38,49H,6-8,13-30H2,(H,50,60)(H,52,64)(H,53,61)(H,54,65)(H,55,66)(H,56,67)(H,62,63)(H4,47,48,51)/t35-,36-,37-,38-/m0/s1. The van der Waals surface area contributed by atoms with Gasteiger partial charge in [-0.15, -0.1) is 5.10 Å². The second-order valence-corrected chi connectivity index (χ2v) is 16.6. The van der Waals surface area contributed by atoms with Crippen molar-refractivity contribution in [1.29, 1.82) is 0 Å². The van der Waals surface area contributed by atoms with Crippen LogP contribution in [0.2, 0.25) is 0 Å². The van der Waals surface area contributed by atoms with Gasteiger partial charge in [0, 0.05) is 57.6 Å². The maximum absolute atomic E-state index is 14.0. The smallest absolute Gasteiger partial charge is 0.305 e. The zero-order valence-electron chi connectivity index (χ0n) is 39.5. The summed E-state index contributed by atoms with van der Waals surface area (Å²) in [4.78, 5) is 96.0. The third-order valence-electron chi connectivity index (χ3n) is 10.9. The first kappa shape index (κ1) is 55.8. The van der Waals surface area contributed by atoms with E-state index in [0.29, 0.717) is 82.6 Å². The Morgan fingerprint density at radius 3 is 2.13 bits per heavy atom. The first-order valence-electron chi connectivity index (χ1n) is 23.6. The van der Waals surface area contributed by atoms with Gasteiger partial charge in [-0.3, -0.25) is 38.6 Å². The highest BCUT2D eigenvalue weighted by Crippen LogP contribution is 2.10. The van der Waals surface area contributed by atoms with E-state index in [0.717, 1.165) is 13.1 Å². The number of aromatic nitrogens is 3. The number of benzene rings is 1. The van der Waals surface area contributed by atoms with Gasteiger partial charge in [-0.25, -0.2) is 4.68 Å². The number of allylic oxidation sites excluding steroid dienone is 2. The Labute approximate surface area is 406 Å². The predicted molar refractivity (Wildman–Crippen MR) is 255 cm³/mol. The van der Waals surface area contributed by atoms with Gasteiger partial charge in [0.2, 0.25) is 35.4 Å². The molecule has 1 fully saturated rings. The lowest BCUT2D eigenvalue weighted by molar-refractivity contribution is -0.141. The van der Waals surface area contributed by atoms with Crippen LogP contribution in [0.3, 0.4) is 0 Å². The molecule has 0 bridgehead atoms. The number of carbonyl (C=O) groups excluding carboxylic acids is 6. The molecule has 4 rings (SSSR count). The molecule has 2 aliphatic rings. The molecule has 0 unspecified atom stereocenters. The highest BCUT2D eigenvalue weighted by molar-refractivity contribution is 5.98. The molecule has 1 aromatic heterocycles. The van der Waals surface area contributed by atoms with E-state index in [1.54, 1.807) is 41.2 Å². The van der Waals surface area contributed by atoms with Crippen molar-refractivity contribution in [3.63, 3.8) is 0 Å². The van der Waals surface area contributed by atoms with Gasteiger partial charge >= 0.3 is 5.97 Å². The van der Waals surface area contributed by atoms with Gasteiger partial charge in [-0.2, -0.15) is 0 Å². The van der Waals surface area contributed by atoms with Crippen molar-refractivity contribution in [3.8, 4) is 0 Å². The zero-order valence-corrected chi connectivity index (χ0v) is 39.5. The van der Waals surface area contributed by atoms with Gasteiger partial charge in [-0.1, -0.05) is 59.8 Å². The summed E-state index contributed by atoms with van der Waals surface area (Å²) in [7, 11) is 0. The van der Waals surface area contributed by atoms with Crippen molar-refractivity contribution in [3.05, 3.63) is 72.1 Å². The second kappa shape index (κ2) is 32.1. The number of carboxylic acids is 1. The minimum Gasteiger partial charge on any atom is -0.481 e. The molecule has 24 nitrogen and oxygen atoms in total. The number of carbonyl (C=O) groups is 7. The first-order valence-corrected chi connectivity index (χ1v) is 23.6. The zero-order chi connectivity index (χ0) is 50.4. The monoisotopic (exact) mass is 980 g/mol. The minimum absolute atomic E-state index is 0.0369. The van der Waals surface area contributed by atoms with E-state index < -0.39 is 72.6 Å². The largest absolute Gasteiger partial charge is 0.481 e. The number of hydrogen-bond donors (Lipinski definition) is 10. The van der Waals surface area contributed by atoms with Crippen molar-refractivity contribution in [2.75, 3.05) is 72.4 Å². The molecule has 70 heavy (non-hydrogen) atoms. The molecule has 2 aromatic rings. The molecule has 24 heteroatoms. The Morgan fingerprint density at radius 1 is 0.771 bits per heavy atom. The summed E-state index contributed by atoms with van der Waals surface area (Å²) < 4.78 is 18.4. The Bertz CT molecular complexity index is 2050. The molecule has 12 N–H and O–H groups in total. The molecule has 4 atom stereocenters. The third-order valence-corrected chi connectivity index (χ3v) is 10.9. The third kappa shape index (κ3) is 23.0. The summed E-state index contributed by atoms with van der Waals surface area (Å²) in [6.07, 6.45) is 10.9. The van der Waals surface area contributed by atoms with Crippen LogP contribution in [-0.4, -0.2) is 164 Å². The Morgan fingerprint density at radius 2 is 1.41 bits per heavy atom. The van der Waals surface area contributed by atoms with Crippen LogP contribution in [0.15, 0.2) is 65.8 Å². The van der Waals surface area contributed by atoms with Gasteiger partial charge in [0.15, 0.2) is 5.96 Å². The van der Waals surface area contributed by atoms with Gasteiger partial charge in [0.05, 0.1) is 64.8 Å². The fraction of sp³-hybridized carbons (Fsp3) is 0.565. The molecule has 6 amide bonds. The van der Waals surface area contributed by atoms with E-state index in [4.69, 9.17) is 25.7 Å². The molecule has 0 radical (unpaired) electrons. The Hall–Kier alpha value is -6.76. The van der Waals surface area contributed by atoms with E-state index in [-0.39, 0.29) is 57.1 Å². The summed E-state index contributed by atoms with van der Waals surface area (Å²) >= 11 is 0. The van der Waals surface area contributed by atoms with E-state index in [1.807, 2.05) is 0 Å². The number of carboxylic acid groups (broad SMARTS) is 1. The molecule has 2 heterocycles. The van der Waals surface area contributed by atoms with E-state index in [2.05, 4.69) is 76.8 Å². The molecular weight excluding hydrogens is 911 g/mol. The lowest BCUT2D eigenvalue weighted by atomic mass is 10.0. The number of nitrogens with two attached hydrogens (primary N) is 2. The molecule has 1 aliphatic heterocycles. The van der Waals surface area contributed by atoms with E-state index in [9.17, 15) is 38.7 Å². The highest BCUT2D eigenvalue weighted by atomic mass is 16.5. The van der Waals surface area contributed by atoms with E-state index in [1.165, 1.54) is 0 Å². The van der Waals surface area contributed by atoms with Crippen molar-refractivity contribution in [2.24, 2.45) is 22.4 Å². The Kier molecular flexibility index (Phi) is 25.6. The normalized spacial score (nSPS) is 19.0. The summed E-state index contributed by atoms with van der Waals surface area (Å²) in [6, 6.07) is 3.34. The molecule has 1 aliphatic carbocycles. The summed E-state index contributed by atoms with van der Waals surface area (Å²) in [5.41, 5.74) is 12.2. The fourth-order valence-corrected chi connectivity index (χ4v) is 7.16. The number of hydrogen-bond acceptors (Lipinski definition) is 14. The number of amides is 6. The molecular formula is C46H69N13O11. The molecule has 0 saturated carbocycles. The fourth-order valence-electron chi connectivity index (χ4n) is 7.16. The highest BCUT2D eigenvalue weighted by Gasteiger charge is 2.33. The number of aliphatic carboxylic acids is 1. The summed E-state index contributed by atoms with van der Waals surface area (Å²) in [5, 5.41) is 36.7. The molecule has 1 saturated heterocycles. The molecule has 1 aromatic carbocycles. The van der Waals surface area contributed by atoms with Crippen LogP contribution in [0.25, 0.3) is 0 Å². The number of ether oxygens (including phenoxy) is 3. The molecule has 384 valence electrons. The Balaban J connectivity index is 1.23. The van der Waals surface area contributed by atoms with Crippen molar-refractivity contribution in [1.82, 2.24) is 52.2 Å². The van der Waals surface area contributed by atoms with Gasteiger partial charge in [-0.05, 0) is 37.7 Å². The van der Waals surface area contributed by atoms with Crippen LogP contribution in [0, 0.1) is 5.92 Å². The van der Waals surface area contributed by atoms with Crippen LogP contribution in [0.5, 0.6) is 0 Å². The number of nitrogens with zero attached hydrogens (tertiary/aromatic N) is 4. The van der Waals surface area contributed by atoms with Crippen LogP contribution >= 0.6 is 0 Å². The van der Waals surface area contributed by atoms with Crippen molar-refractivity contribution in [2.45, 2.75) is 88.5 Å². The number of unbranched alkanes of at least 4 members (excludes halogenated alkanes) is 1. The number of aryl methyl sites for hydroxylation is 1. The summed E-state index contributed by atoms with van der Waals surface area (Å²) in [5.74, 6) is -5.43. The predicted octanol–water partition coefficient (Wildman–Crippen LogP) is -2.28. The lowest BCUT2D eigenvalue weighted by Gasteiger charge is -2.26. The van der Waals surface area contributed by atoms with Gasteiger partial charge in [0.25, 0.3) is 0 Å². The number of guanidine groups is 1. The van der Waals surface area contributed by atoms with Crippen molar-refractivity contribution >= 4 is 47.4 Å². The van der Waals surface area contributed by atoms with Crippen LogP contribution < -0.4 is 48.7 Å². The van der Waals surface area contributed by atoms with E-state index >= 15 is 0 Å². The molecule has 0 spiro atoms. The SMILES string of the molecule is NC(N)=NCCC[C@@H]1NC(=O)[C@H](CCCCNC(=O)CCc2cn(CCOCCOCCOCCNCC3C=CC=C3)nn2)NC(=O)[C@H](Cc2ccccc2)NC(=O)[C@H](CC(=O)O)NC(=O)CNC1=O. The number of aliphatic imine (C=N–C) groups is 1. The first-order chi connectivity index (χ1) is 33.9. The minimum atomic E-state index is -1.60. The second-order valence-electron chi connectivity index (χ2n) is 16.6. The average Bonchev–Trinajstić information content (AvgIpc) is 4.04. The average molecular weight is 980 g/mol. The van der Waals surface area contributed by atoms with Crippen LogP contribution in [0.1, 0.15) is 56.2 Å². The lowest BCUT2D eigenvalue weighted by Crippen LogP contribution is -2.58. The number of rotatable bonds is 30. The maximum Gasteiger partial charge on any atom is 0.305 e. The van der Waals surface area contributed by atoms with Gasteiger partial charge < -0.3 is 68.0 Å². The summed E-state index contributed by atoms with van der Waals surface area (Å²) in [6.45, 7) is 4.76. The van der Waals surface area contributed by atoms with Crippen LogP contribution in [0.4, 0.5) is 0 Å². The van der Waals surface area contributed by atoms with Crippen molar-refractivity contribution < 1.29 is 52.9 Å². The maximum atomic E-state index is 14.0. The number of nitrogens with one attached hydrogen (secondary N) is 7.